The van der Waals surface area contributed by atoms with Crippen molar-refractivity contribution in [3.8, 4) is 0 Å². The van der Waals surface area contributed by atoms with Crippen molar-refractivity contribution in [2.75, 3.05) is 45.1 Å². The van der Waals surface area contributed by atoms with Crippen LogP contribution in [0.1, 0.15) is 25.8 Å². The number of carbonyl (C=O) groups is 1. The maximum absolute atomic E-state index is 12.8. The van der Waals surface area contributed by atoms with Crippen LogP contribution in [0.3, 0.4) is 0 Å². The van der Waals surface area contributed by atoms with Gasteiger partial charge in [-0.05, 0) is 61.3 Å². The van der Waals surface area contributed by atoms with E-state index >= 15 is 0 Å². The van der Waals surface area contributed by atoms with Crippen molar-refractivity contribution in [3.05, 3.63) is 54.1 Å². The fourth-order valence-electron chi connectivity index (χ4n) is 3.56. The summed E-state index contributed by atoms with van der Waals surface area (Å²) in [5, 5.41) is 2.78. The van der Waals surface area contributed by atoms with Crippen molar-refractivity contribution in [3.63, 3.8) is 0 Å². The summed E-state index contributed by atoms with van der Waals surface area (Å²) in [6, 6.07) is 12.7. The number of benzene rings is 2. The molecule has 35 heavy (non-hydrogen) atoms. The highest BCUT2D eigenvalue weighted by Gasteiger charge is 2.27. The largest absolute Gasteiger partial charge is 0.326 e. The number of rotatable bonds is 10. The number of carbonyl (C=O) groups excluding carboxylic acids is 1. The molecule has 1 fully saturated rings. The van der Waals surface area contributed by atoms with Crippen molar-refractivity contribution in [1.29, 1.82) is 0 Å². The van der Waals surface area contributed by atoms with Crippen LogP contribution in [0, 0.1) is 5.92 Å². The number of anilines is 1. The van der Waals surface area contributed by atoms with E-state index < -0.39 is 20.0 Å². The number of nitrogens with zero attached hydrogens (tertiary/aromatic N) is 2. The molecule has 2 N–H and O–H groups in total. The fraction of sp³-hybridized carbons (Fsp3) is 0.458. The summed E-state index contributed by atoms with van der Waals surface area (Å²) in [5.41, 5.74) is 1.36. The molecule has 192 valence electrons. The van der Waals surface area contributed by atoms with E-state index in [-0.39, 0.29) is 28.0 Å². The standard InChI is InChI=1S/C24H34N4O5S2/c1-19(2)18-25-34(30,31)22-9-4-20(5-10-22)6-13-24(29)26-21-7-11-23(12-8-21)35(32,33)28-16-14-27(3)15-17-28/h4-5,7-12,19,25H,6,13-18H2,1-3H3,(H,26,29). The summed E-state index contributed by atoms with van der Waals surface area (Å²) in [7, 11) is -5.13. The molecule has 2 aromatic rings. The van der Waals surface area contributed by atoms with Crippen molar-refractivity contribution in [2.24, 2.45) is 5.92 Å². The second-order valence-corrected chi connectivity index (χ2v) is 12.9. The lowest BCUT2D eigenvalue weighted by Crippen LogP contribution is -2.46. The van der Waals surface area contributed by atoms with Gasteiger partial charge in [-0.15, -0.1) is 0 Å². The number of nitrogens with one attached hydrogen (secondary N) is 2. The number of likely N-dealkylation sites (N-methyl/N-ethyl adjacent to an activating group) is 1. The number of amides is 1. The molecule has 1 amide bonds. The third kappa shape index (κ3) is 7.58. The molecule has 2 aromatic carbocycles. The monoisotopic (exact) mass is 522 g/mol. The van der Waals surface area contributed by atoms with E-state index in [4.69, 9.17) is 0 Å². The lowest BCUT2D eigenvalue weighted by Gasteiger charge is -2.31. The van der Waals surface area contributed by atoms with Gasteiger partial charge in [0.25, 0.3) is 0 Å². The van der Waals surface area contributed by atoms with Gasteiger partial charge < -0.3 is 10.2 Å². The molecular formula is C24H34N4O5S2. The molecule has 9 nitrogen and oxygen atoms in total. The summed E-state index contributed by atoms with van der Waals surface area (Å²) >= 11 is 0. The van der Waals surface area contributed by atoms with Crippen LogP contribution in [0.4, 0.5) is 5.69 Å². The predicted molar refractivity (Wildman–Crippen MR) is 136 cm³/mol. The molecule has 11 heteroatoms. The van der Waals surface area contributed by atoms with Gasteiger partial charge in [-0.1, -0.05) is 26.0 Å². The molecule has 3 rings (SSSR count). The van der Waals surface area contributed by atoms with E-state index in [0.717, 1.165) is 5.56 Å². The molecule has 0 saturated carbocycles. The molecule has 0 radical (unpaired) electrons. The quantitative estimate of drug-likeness (QED) is 0.494. The third-order valence-corrected chi connectivity index (χ3v) is 9.15. The van der Waals surface area contributed by atoms with Gasteiger partial charge >= 0.3 is 0 Å². The molecule has 0 atom stereocenters. The SMILES string of the molecule is CC(C)CNS(=O)(=O)c1ccc(CCC(=O)Nc2ccc(S(=O)(=O)N3CCN(C)CC3)cc2)cc1. The van der Waals surface area contributed by atoms with E-state index in [1.807, 2.05) is 20.9 Å². The van der Waals surface area contributed by atoms with Crippen LogP contribution in [-0.4, -0.2) is 71.7 Å². The maximum atomic E-state index is 12.8. The van der Waals surface area contributed by atoms with Crippen LogP contribution in [0.25, 0.3) is 0 Å². The van der Waals surface area contributed by atoms with E-state index in [9.17, 15) is 21.6 Å². The number of hydrogen-bond donors (Lipinski definition) is 2. The lowest BCUT2D eigenvalue weighted by molar-refractivity contribution is -0.116. The zero-order chi connectivity index (χ0) is 25.6. The maximum Gasteiger partial charge on any atom is 0.243 e. The van der Waals surface area contributed by atoms with Crippen LogP contribution < -0.4 is 10.0 Å². The number of aryl methyl sites for hydroxylation is 1. The third-order valence-electron chi connectivity index (χ3n) is 5.79. The van der Waals surface area contributed by atoms with Crippen molar-refractivity contribution >= 4 is 31.6 Å². The Bertz CT molecular complexity index is 1200. The van der Waals surface area contributed by atoms with Crippen LogP contribution in [-0.2, 0) is 31.3 Å². The summed E-state index contributed by atoms with van der Waals surface area (Å²) < 4.78 is 54.3. The van der Waals surface area contributed by atoms with Gasteiger partial charge in [0.2, 0.25) is 26.0 Å². The van der Waals surface area contributed by atoms with Gasteiger partial charge in [0.15, 0.2) is 0 Å². The summed E-state index contributed by atoms with van der Waals surface area (Å²) in [6.07, 6.45) is 0.653. The molecule has 0 spiro atoms. The first kappa shape index (κ1) is 27.3. The zero-order valence-corrected chi connectivity index (χ0v) is 22.0. The molecule has 1 saturated heterocycles. The molecule has 0 bridgehead atoms. The Morgan fingerprint density at radius 2 is 1.46 bits per heavy atom. The Morgan fingerprint density at radius 3 is 2.03 bits per heavy atom. The van der Waals surface area contributed by atoms with Crippen LogP contribution in [0.15, 0.2) is 58.3 Å². The molecule has 1 aliphatic heterocycles. The fourth-order valence-corrected chi connectivity index (χ4v) is 6.20. The molecule has 1 heterocycles. The minimum atomic E-state index is -3.55. The first-order valence-electron chi connectivity index (χ1n) is 11.6. The minimum absolute atomic E-state index is 0.193. The first-order chi connectivity index (χ1) is 16.5. The lowest BCUT2D eigenvalue weighted by atomic mass is 10.1. The second kappa shape index (κ2) is 11.6. The highest BCUT2D eigenvalue weighted by molar-refractivity contribution is 7.89. The van der Waals surface area contributed by atoms with Gasteiger partial charge in [-0.2, -0.15) is 4.31 Å². The molecule has 0 aromatic heterocycles. The minimum Gasteiger partial charge on any atom is -0.326 e. The van der Waals surface area contributed by atoms with Crippen LogP contribution in [0.5, 0.6) is 0 Å². The van der Waals surface area contributed by atoms with E-state index in [1.165, 1.54) is 28.6 Å². The Labute approximate surface area is 208 Å². The highest BCUT2D eigenvalue weighted by atomic mass is 32.2. The zero-order valence-electron chi connectivity index (χ0n) is 20.4. The number of hydrogen-bond acceptors (Lipinski definition) is 6. The van der Waals surface area contributed by atoms with Crippen molar-refractivity contribution in [2.45, 2.75) is 36.5 Å². The Kier molecular flexibility index (Phi) is 9.05. The number of sulfonamides is 2. The Balaban J connectivity index is 1.52. The van der Waals surface area contributed by atoms with Crippen LogP contribution in [0.2, 0.25) is 0 Å². The number of piperazine rings is 1. The topological polar surface area (TPSA) is 116 Å². The molecule has 0 unspecified atom stereocenters. The normalized spacial score (nSPS) is 15.9. The summed E-state index contributed by atoms with van der Waals surface area (Å²) in [6.45, 7) is 6.54. The Hall–Kier alpha value is -2.31. The molecule has 0 aliphatic carbocycles. The van der Waals surface area contributed by atoms with Gasteiger partial charge in [-0.25, -0.2) is 21.6 Å². The molecular weight excluding hydrogens is 488 g/mol. The van der Waals surface area contributed by atoms with Gasteiger partial charge in [0.05, 0.1) is 9.79 Å². The van der Waals surface area contributed by atoms with E-state index in [1.54, 1.807) is 24.3 Å². The first-order valence-corrected chi connectivity index (χ1v) is 14.6. The van der Waals surface area contributed by atoms with Gasteiger partial charge in [0.1, 0.15) is 0 Å². The summed E-state index contributed by atoms with van der Waals surface area (Å²) in [5.74, 6) is -0.00454. The van der Waals surface area contributed by atoms with E-state index in [2.05, 4.69) is 14.9 Å². The van der Waals surface area contributed by atoms with Crippen LogP contribution >= 0.6 is 0 Å². The van der Waals surface area contributed by atoms with Gasteiger partial charge in [0, 0.05) is 44.8 Å². The summed E-state index contributed by atoms with van der Waals surface area (Å²) in [4.78, 5) is 14.9. The average Bonchev–Trinajstić information content (AvgIpc) is 2.82. The highest BCUT2D eigenvalue weighted by Crippen LogP contribution is 2.20. The van der Waals surface area contributed by atoms with E-state index in [0.29, 0.717) is 44.8 Å². The molecule has 1 aliphatic rings. The van der Waals surface area contributed by atoms with Gasteiger partial charge in [-0.3, -0.25) is 4.79 Å². The second-order valence-electron chi connectivity index (χ2n) is 9.17. The predicted octanol–water partition coefficient (Wildman–Crippen LogP) is 2.13. The average molecular weight is 523 g/mol. The van der Waals surface area contributed by atoms with Crippen molar-refractivity contribution < 1.29 is 21.6 Å². The Morgan fingerprint density at radius 1 is 0.886 bits per heavy atom. The smallest absolute Gasteiger partial charge is 0.243 e. The van der Waals surface area contributed by atoms with Crippen molar-refractivity contribution in [1.82, 2.24) is 13.9 Å².